The summed E-state index contributed by atoms with van der Waals surface area (Å²) in [6.07, 6.45) is 1.94. The second-order valence-electron chi connectivity index (χ2n) is 3.39. The zero-order chi connectivity index (χ0) is 6.91. The molecule has 0 saturated carbocycles. The van der Waals surface area contributed by atoms with Gasteiger partial charge in [0.25, 0.3) is 0 Å². The van der Waals surface area contributed by atoms with E-state index in [1.165, 1.54) is 0 Å². The molecule has 0 aromatic heterocycles. The molecular formula is C7H14N2. The van der Waals surface area contributed by atoms with Gasteiger partial charge in [0.15, 0.2) is 0 Å². The summed E-state index contributed by atoms with van der Waals surface area (Å²) in [4.78, 5) is 6.39. The van der Waals surface area contributed by atoms with Gasteiger partial charge in [0.05, 0.1) is 12.9 Å². The molecule has 2 nitrogen and oxygen atoms in total. The molecule has 0 aromatic carbocycles. The minimum absolute atomic E-state index is 0.264. The first-order chi connectivity index (χ1) is 4.11. The van der Waals surface area contributed by atoms with Crippen molar-refractivity contribution in [3.63, 3.8) is 0 Å². The summed E-state index contributed by atoms with van der Waals surface area (Å²) in [7, 11) is 0. The van der Waals surface area contributed by atoms with Crippen LogP contribution in [0, 0.1) is 0 Å². The van der Waals surface area contributed by atoms with E-state index in [0.29, 0.717) is 0 Å². The quantitative estimate of drug-likeness (QED) is 0.475. The van der Waals surface area contributed by atoms with Crippen LogP contribution < -0.4 is 0 Å². The molecule has 0 unspecified atom stereocenters. The Balaban J connectivity index is 2.53. The van der Waals surface area contributed by atoms with Crippen molar-refractivity contribution in [3.8, 4) is 0 Å². The normalized spacial score (nSPS) is 19.2. The van der Waals surface area contributed by atoms with Gasteiger partial charge in [-0.1, -0.05) is 0 Å². The molecule has 0 fully saturated rings. The third kappa shape index (κ3) is 1.44. The number of hydrogen-bond donors (Lipinski definition) is 0. The Morgan fingerprint density at radius 2 is 2.11 bits per heavy atom. The highest BCUT2D eigenvalue weighted by atomic mass is 15.2. The molecule has 0 aromatic rings. The van der Waals surface area contributed by atoms with Gasteiger partial charge in [-0.2, -0.15) is 0 Å². The summed E-state index contributed by atoms with van der Waals surface area (Å²) >= 11 is 0. The minimum atomic E-state index is 0.264. The fourth-order valence-electron chi connectivity index (χ4n) is 0.888. The van der Waals surface area contributed by atoms with E-state index >= 15 is 0 Å². The maximum atomic E-state index is 4.13. The Labute approximate surface area is 56.6 Å². The largest absolute Gasteiger partial charge is 0.356 e. The molecule has 0 N–H and O–H groups in total. The standard InChI is InChI=1S/C7H14N2/c1-7(2,3)9-5-4-8-6-9/h6H,4-5H2,1-3H3. The second-order valence-corrected chi connectivity index (χ2v) is 3.39. The van der Waals surface area contributed by atoms with Crippen molar-refractivity contribution in [1.82, 2.24) is 4.90 Å². The first-order valence-corrected chi connectivity index (χ1v) is 3.37. The van der Waals surface area contributed by atoms with Crippen molar-refractivity contribution in [3.05, 3.63) is 0 Å². The lowest BCUT2D eigenvalue weighted by Crippen LogP contribution is -2.38. The van der Waals surface area contributed by atoms with Crippen LogP contribution in [-0.2, 0) is 0 Å². The van der Waals surface area contributed by atoms with Crippen LogP contribution in [0.1, 0.15) is 20.8 Å². The maximum absolute atomic E-state index is 4.13. The molecule has 1 aliphatic heterocycles. The van der Waals surface area contributed by atoms with Gasteiger partial charge in [-0.3, -0.25) is 4.99 Å². The molecule has 1 heterocycles. The van der Waals surface area contributed by atoms with Crippen LogP contribution >= 0.6 is 0 Å². The van der Waals surface area contributed by atoms with Crippen LogP contribution in [-0.4, -0.2) is 29.9 Å². The van der Waals surface area contributed by atoms with Crippen molar-refractivity contribution in [2.75, 3.05) is 13.1 Å². The van der Waals surface area contributed by atoms with Crippen LogP contribution in [0.25, 0.3) is 0 Å². The van der Waals surface area contributed by atoms with Gasteiger partial charge in [-0.05, 0) is 20.8 Å². The Morgan fingerprint density at radius 3 is 2.33 bits per heavy atom. The smallest absolute Gasteiger partial charge is 0.0855 e. The summed E-state index contributed by atoms with van der Waals surface area (Å²) in [6.45, 7) is 8.65. The second kappa shape index (κ2) is 2.01. The molecule has 0 atom stereocenters. The zero-order valence-corrected chi connectivity index (χ0v) is 6.39. The molecular weight excluding hydrogens is 112 g/mol. The predicted octanol–water partition coefficient (Wildman–Crippen LogP) is 1.13. The number of hydrogen-bond acceptors (Lipinski definition) is 2. The van der Waals surface area contributed by atoms with Crippen molar-refractivity contribution >= 4 is 6.34 Å². The van der Waals surface area contributed by atoms with Crippen LogP contribution in [0.4, 0.5) is 0 Å². The van der Waals surface area contributed by atoms with Crippen molar-refractivity contribution in [1.29, 1.82) is 0 Å². The van der Waals surface area contributed by atoms with Gasteiger partial charge in [0.2, 0.25) is 0 Å². The lowest BCUT2D eigenvalue weighted by atomic mass is 10.1. The van der Waals surface area contributed by atoms with Crippen molar-refractivity contribution in [2.24, 2.45) is 4.99 Å². The molecule has 1 aliphatic rings. The van der Waals surface area contributed by atoms with Gasteiger partial charge in [-0.15, -0.1) is 0 Å². The van der Waals surface area contributed by atoms with Crippen molar-refractivity contribution < 1.29 is 0 Å². The summed E-state index contributed by atoms with van der Waals surface area (Å²) < 4.78 is 0. The third-order valence-corrected chi connectivity index (χ3v) is 1.55. The van der Waals surface area contributed by atoms with Crippen LogP contribution in [0.5, 0.6) is 0 Å². The Hall–Kier alpha value is -0.530. The van der Waals surface area contributed by atoms with E-state index in [2.05, 4.69) is 30.7 Å². The molecule has 0 radical (unpaired) electrons. The molecule has 9 heavy (non-hydrogen) atoms. The third-order valence-electron chi connectivity index (χ3n) is 1.55. The molecule has 1 rings (SSSR count). The van der Waals surface area contributed by atoms with Crippen molar-refractivity contribution in [2.45, 2.75) is 26.3 Å². The van der Waals surface area contributed by atoms with E-state index in [1.54, 1.807) is 0 Å². The van der Waals surface area contributed by atoms with E-state index in [0.717, 1.165) is 13.1 Å². The average Bonchev–Trinajstić information content (AvgIpc) is 2.08. The van der Waals surface area contributed by atoms with E-state index in [9.17, 15) is 0 Å². The first kappa shape index (κ1) is 6.59. The fraction of sp³-hybridized carbons (Fsp3) is 0.857. The lowest BCUT2D eigenvalue weighted by Gasteiger charge is -2.30. The number of rotatable bonds is 0. The first-order valence-electron chi connectivity index (χ1n) is 3.37. The van der Waals surface area contributed by atoms with E-state index < -0.39 is 0 Å². The van der Waals surface area contributed by atoms with Gasteiger partial charge in [-0.25, -0.2) is 0 Å². The molecule has 2 heteroatoms. The zero-order valence-electron chi connectivity index (χ0n) is 6.39. The van der Waals surface area contributed by atoms with Crippen LogP contribution in [0.15, 0.2) is 4.99 Å². The highest BCUT2D eigenvalue weighted by Gasteiger charge is 2.19. The SMILES string of the molecule is CC(C)(C)N1C=NCC1. The minimum Gasteiger partial charge on any atom is -0.356 e. The van der Waals surface area contributed by atoms with Gasteiger partial charge < -0.3 is 4.90 Å². The van der Waals surface area contributed by atoms with Gasteiger partial charge >= 0.3 is 0 Å². The van der Waals surface area contributed by atoms with E-state index in [-0.39, 0.29) is 5.54 Å². The summed E-state index contributed by atoms with van der Waals surface area (Å²) in [5.74, 6) is 0. The summed E-state index contributed by atoms with van der Waals surface area (Å²) in [6, 6.07) is 0. The molecule has 52 valence electrons. The summed E-state index contributed by atoms with van der Waals surface area (Å²) in [5, 5.41) is 0. The number of nitrogens with zero attached hydrogens (tertiary/aromatic N) is 2. The summed E-state index contributed by atoms with van der Waals surface area (Å²) in [5.41, 5.74) is 0.264. The molecule has 0 saturated heterocycles. The molecule has 0 amide bonds. The highest BCUT2D eigenvalue weighted by molar-refractivity contribution is 5.58. The molecule has 0 spiro atoms. The Bertz CT molecular complexity index is 121. The molecule has 0 bridgehead atoms. The fourth-order valence-corrected chi connectivity index (χ4v) is 0.888. The monoisotopic (exact) mass is 126 g/mol. The van der Waals surface area contributed by atoms with E-state index in [1.807, 2.05) is 6.34 Å². The topological polar surface area (TPSA) is 15.6 Å². The Morgan fingerprint density at radius 1 is 1.44 bits per heavy atom. The Kier molecular flexibility index (Phi) is 1.47. The average molecular weight is 126 g/mol. The van der Waals surface area contributed by atoms with Gasteiger partial charge in [0, 0.05) is 12.1 Å². The predicted molar refractivity (Wildman–Crippen MR) is 39.8 cm³/mol. The molecule has 0 aliphatic carbocycles. The maximum Gasteiger partial charge on any atom is 0.0855 e. The van der Waals surface area contributed by atoms with E-state index in [4.69, 9.17) is 0 Å². The van der Waals surface area contributed by atoms with Crippen LogP contribution in [0.3, 0.4) is 0 Å². The lowest BCUT2D eigenvalue weighted by molar-refractivity contribution is 0.264. The highest BCUT2D eigenvalue weighted by Crippen LogP contribution is 2.12. The number of aliphatic imine (C=N–C) groups is 1. The van der Waals surface area contributed by atoms with Crippen LogP contribution in [0.2, 0.25) is 0 Å². The van der Waals surface area contributed by atoms with Gasteiger partial charge in [0.1, 0.15) is 0 Å².